The number of ether oxygens (including phenoxy) is 1. The lowest BCUT2D eigenvalue weighted by molar-refractivity contribution is -0.125. The Labute approximate surface area is 110 Å². The fourth-order valence-electron chi connectivity index (χ4n) is 2.05. The van der Waals surface area contributed by atoms with Crippen molar-refractivity contribution in [2.75, 3.05) is 7.05 Å². The average Bonchev–Trinajstić information content (AvgIpc) is 2.38. The summed E-state index contributed by atoms with van der Waals surface area (Å²) in [5.74, 6) is -1.12. The van der Waals surface area contributed by atoms with Crippen molar-refractivity contribution in [3.63, 3.8) is 0 Å². The van der Waals surface area contributed by atoms with Crippen molar-refractivity contribution in [2.45, 2.75) is 38.7 Å². The predicted octanol–water partition coefficient (Wildman–Crippen LogP) is 1.96. The largest absolute Gasteiger partial charge is 0.415 e. The van der Waals surface area contributed by atoms with E-state index in [2.05, 4.69) is 15.4 Å². The molecule has 0 unspecified atom stereocenters. The molecule has 0 heterocycles. The van der Waals surface area contributed by atoms with Gasteiger partial charge in [0, 0.05) is 19.2 Å². The predicted molar refractivity (Wildman–Crippen MR) is 66.7 cm³/mol. The highest BCUT2D eigenvalue weighted by molar-refractivity contribution is 5.96. The van der Waals surface area contributed by atoms with E-state index in [1.54, 1.807) is 7.05 Å². The Bertz CT molecular complexity index is 353. The van der Waals surface area contributed by atoms with E-state index in [0.29, 0.717) is 0 Å². The summed E-state index contributed by atoms with van der Waals surface area (Å²) >= 11 is 0. The molecule has 1 rings (SSSR count). The highest BCUT2D eigenvalue weighted by Crippen LogP contribution is 2.23. The summed E-state index contributed by atoms with van der Waals surface area (Å²) in [5.41, 5.74) is -0.0848. The Morgan fingerprint density at radius 3 is 2.53 bits per heavy atom. The van der Waals surface area contributed by atoms with Crippen LogP contribution in [0.25, 0.3) is 0 Å². The van der Waals surface area contributed by atoms with Crippen molar-refractivity contribution >= 4 is 11.8 Å². The van der Waals surface area contributed by atoms with E-state index in [4.69, 9.17) is 5.41 Å². The van der Waals surface area contributed by atoms with E-state index >= 15 is 0 Å². The zero-order chi connectivity index (χ0) is 14.3. The van der Waals surface area contributed by atoms with Crippen LogP contribution in [-0.2, 0) is 9.53 Å². The molecule has 7 heteroatoms. The molecule has 3 N–H and O–H groups in total. The minimum Gasteiger partial charge on any atom is -0.415 e. The van der Waals surface area contributed by atoms with Crippen LogP contribution in [0.1, 0.15) is 32.1 Å². The molecular weight excluding hydrogens is 256 g/mol. The molecule has 1 saturated carbocycles. The van der Waals surface area contributed by atoms with Crippen LogP contribution >= 0.6 is 0 Å². The third kappa shape index (κ3) is 5.23. The molecule has 0 aliphatic heterocycles. The number of hydrogen-bond donors (Lipinski definition) is 3. The lowest BCUT2D eigenvalue weighted by Gasteiger charge is -2.21. The van der Waals surface area contributed by atoms with Gasteiger partial charge in [-0.25, -0.2) is 0 Å². The smallest absolute Gasteiger partial charge is 0.388 e. The molecule has 5 nitrogen and oxygen atoms in total. The molecule has 1 fully saturated rings. The number of alkyl halides is 2. The molecule has 19 heavy (non-hydrogen) atoms. The van der Waals surface area contributed by atoms with E-state index in [0.717, 1.165) is 32.1 Å². The van der Waals surface area contributed by atoms with Crippen molar-refractivity contribution in [3.8, 4) is 0 Å². The van der Waals surface area contributed by atoms with Gasteiger partial charge in [0.05, 0.1) is 0 Å². The van der Waals surface area contributed by atoms with E-state index in [9.17, 15) is 13.6 Å². The maximum Gasteiger partial charge on any atom is 0.388 e. The number of nitrogens with one attached hydrogen (secondary N) is 3. The maximum absolute atomic E-state index is 12.1. The van der Waals surface area contributed by atoms with Crippen LogP contribution in [-0.4, -0.2) is 25.5 Å². The quantitative estimate of drug-likeness (QED) is 0.530. The zero-order valence-electron chi connectivity index (χ0n) is 10.8. The van der Waals surface area contributed by atoms with Crippen LogP contribution in [0, 0.1) is 11.3 Å². The second-order valence-corrected chi connectivity index (χ2v) is 4.38. The Hall–Kier alpha value is -1.66. The molecule has 0 aromatic heterocycles. The van der Waals surface area contributed by atoms with Gasteiger partial charge in [0.15, 0.2) is 0 Å². The summed E-state index contributed by atoms with van der Waals surface area (Å²) in [5, 5.41) is 12.4. The summed E-state index contributed by atoms with van der Waals surface area (Å²) in [4.78, 5) is 12.0. The first-order valence-corrected chi connectivity index (χ1v) is 6.26. The molecular formula is C12H19F2N3O2. The summed E-state index contributed by atoms with van der Waals surface area (Å²) in [6, 6.07) is 0. The molecule has 1 aliphatic carbocycles. The van der Waals surface area contributed by atoms with Crippen molar-refractivity contribution in [2.24, 2.45) is 5.92 Å². The highest BCUT2D eigenvalue weighted by Gasteiger charge is 2.23. The molecule has 0 aromatic rings. The van der Waals surface area contributed by atoms with E-state index in [-0.39, 0.29) is 17.5 Å². The molecule has 0 saturated heterocycles. The second-order valence-electron chi connectivity index (χ2n) is 4.38. The summed E-state index contributed by atoms with van der Waals surface area (Å²) in [6.45, 7) is -3.08. The molecule has 1 amide bonds. The summed E-state index contributed by atoms with van der Waals surface area (Å²) in [6.07, 6.45) is 5.95. The van der Waals surface area contributed by atoms with Gasteiger partial charge < -0.3 is 15.4 Å². The lowest BCUT2D eigenvalue weighted by atomic mass is 9.88. The van der Waals surface area contributed by atoms with Crippen molar-refractivity contribution in [1.29, 1.82) is 5.41 Å². The molecule has 0 bridgehead atoms. The number of amides is 1. The van der Waals surface area contributed by atoms with Gasteiger partial charge in [-0.1, -0.05) is 19.3 Å². The Morgan fingerprint density at radius 1 is 1.37 bits per heavy atom. The monoisotopic (exact) mass is 275 g/mol. The van der Waals surface area contributed by atoms with Crippen LogP contribution in [0.5, 0.6) is 0 Å². The summed E-state index contributed by atoms with van der Waals surface area (Å²) < 4.78 is 28.1. The number of hydrogen-bond acceptors (Lipinski definition) is 4. The number of rotatable bonds is 5. The Kier molecular flexibility index (Phi) is 6.24. The van der Waals surface area contributed by atoms with Crippen LogP contribution in [0.15, 0.2) is 11.9 Å². The first kappa shape index (κ1) is 15.4. The van der Waals surface area contributed by atoms with Crippen LogP contribution < -0.4 is 10.6 Å². The number of halogens is 2. The fourth-order valence-corrected chi connectivity index (χ4v) is 2.05. The van der Waals surface area contributed by atoms with Crippen LogP contribution in [0.2, 0.25) is 0 Å². The maximum atomic E-state index is 12.1. The zero-order valence-corrected chi connectivity index (χ0v) is 10.8. The first-order chi connectivity index (χ1) is 9.04. The van der Waals surface area contributed by atoms with Gasteiger partial charge in [-0.2, -0.15) is 8.78 Å². The molecule has 0 aromatic carbocycles. The molecule has 108 valence electrons. The molecule has 0 spiro atoms. The number of carbonyl (C=O) groups excluding carboxylic acids is 1. The average molecular weight is 275 g/mol. The normalized spacial score (nSPS) is 17.2. The van der Waals surface area contributed by atoms with Crippen LogP contribution in [0.3, 0.4) is 0 Å². The van der Waals surface area contributed by atoms with Gasteiger partial charge in [0.2, 0.25) is 11.8 Å². The van der Waals surface area contributed by atoms with Gasteiger partial charge in [0.1, 0.15) is 5.70 Å². The van der Waals surface area contributed by atoms with Gasteiger partial charge in [-0.3, -0.25) is 10.2 Å². The molecule has 1 aliphatic rings. The Balaban J connectivity index is 2.60. The van der Waals surface area contributed by atoms with Gasteiger partial charge in [-0.15, -0.1) is 0 Å². The SMILES string of the molecule is CN/C=C(/NC(=O)C1CCCCC1)C(=N)OC(F)F. The van der Waals surface area contributed by atoms with Crippen molar-refractivity contribution in [3.05, 3.63) is 11.9 Å². The van der Waals surface area contributed by atoms with E-state index in [1.807, 2.05) is 0 Å². The van der Waals surface area contributed by atoms with E-state index in [1.165, 1.54) is 6.20 Å². The van der Waals surface area contributed by atoms with Crippen LogP contribution in [0.4, 0.5) is 8.78 Å². The standard InChI is InChI=1S/C12H19F2N3O2/c1-16-7-9(10(15)19-12(13)14)17-11(18)8-5-3-2-4-6-8/h7-8,12,15-16H,2-6H2,1H3,(H,17,18)/b9-7+,15-10?. The van der Waals surface area contributed by atoms with E-state index < -0.39 is 12.5 Å². The van der Waals surface area contributed by atoms with Gasteiger partial charge >= 0.3 is 6.61 Å². The molecule has 0 radical (unpaired) electrons. The highest BCUT2D eigenvalue weighted by atomic mass is 19.3. The third-order valence-electron chi connectivity index (χ3n) is 2.97. The second kappa shape index (κ2) is 7.70. The van der Waals surface area contributed by atoms with Gasteiger partial charge in [-0.05, 0) is 12.8 Å². The lowest BCUT2D eigenvalue weighted by Crippen LogP contribution is -2.35. The topological polar surface area (TPSA) is 74.2 Å². The van der Waals surface area contributed by atoms with Crippen molar-refractivity contribution in [1.82, 2.24) is 10.6 Å². The third-order valence-corrected chi connectivity index (χ3v) is 2.97. The summed E-state index contributed by atoms with van der Waals surface area (Å²) in [7, 11) is 1.54. The Morgan fingerprint density at radius 2 is 2.00 bits per heavy atom. The fraction of sp³-hybridized carbons (Fsp3) is 0.667. The number of carbonyl (C=O) groups is 1. The van der Waals surface area contributed by atoms with Gasteiger partial charge in [0.25, 0.3) is 0 Å². The minimum absolute atomic E-state index is 0.0848. The first-order valence-electron chi connectivity index (χ1n) is 6.26. The molecule has 0 atom stereocenters. The van der Waals surface area contributed by atoms with Crippen molar-refractivity contribution < 1.29 is 18.3 Å². The minimum atomic E-state index is -3.08.